The van der Waals surface area contributed by atoms with Crippen LogP contribution in [0, 0.1) is 11.3 Å². The van der Waals surface area contributed by atoms with Gasteiger partial charge in [-0.3, -0.25) is 0 Å². The van der Waals surface area contributed by atoms with Crippen molar-refractivity contribution in [2.45, 2.75) is 0 Å². The Hall–Kier alpha value is -1.77. The minimum Gasteiger partial charge on any atom is -0.396 e. The van der Waals surface area contributed by atoms with Crippen molar-refractivity contribution in [1.82, 2.24) is 0 Å². The van der Waals surface area contributed by atoms with Crippen molar-refractivity contribution in [2.24, 2.45) is 0 Å². The van der Waals surface area contributed by atoms with E-state index in [2.05, 4.69) is 11.0 Å². The second-order valence-electron chi connectivity index (χ2n) is 3.82. The summed E-state index contributed by atoms with van der Waals surface area (Å²) in [6.07, 6.45) is 0. The molecule has 0 radical (unpaired) electrons. The van der Waals surface area contributed by atoms with Crippen molar-refractivity contribution in [2.75, 3.05) is 51.2 Å². The molecule has 0 amide bonds. The molecule has 98 valence electrons. The lowest BCUT2D eigenvalue weighted by atomic mass is 10.1. The summed E-state index contributed by atoms with van der Waals surface area (Å²) in [4.78, 5) is 2.06. The lowest BCUT2D eigenvalue weighted by Gasteiger charge is -2.25. The number of benzene rings is 1. The summed E-state index contributed by atoms with van der Waals surface area (Å²) in [7, 11) is 3.31. The van der Waals surface area contributed by atoms with Gasteiger partial charge in [-0.25, -0.2) is 0 Å². The van der Waals surface area contributed by atoms with Crippen LogP contribution in [0.1, 0.15) is 5.56 Å². The van der Waals surface area contributed by atoms with Gasteiger partial charge in [0.25, 0.3) is 0 Å². The number of nitrogens with two attached hydrogens (primary N) is 1. The molecule has 0 saturated carbocycles. The maximum absolute atomic E-state index is 8.98. The molecule has 0 unspecified atom stereocenters. The van der Waals surface area contributed by atoms with Crippen LogP contribution in [0.5, 0.6) is 0 Å². The number of anilines is 2. The van der Waals surface area contributed by atoms with Crippen LogP contribution >= 0.6 is 0 Å². The van der Waals surface area contributed by atoms with Crippen LogP contribution < -0.4 is 10.6 Å². The third-order valence-electron chi connectivity index (χ3n) is 2.67. The maximum atomic E-state index is 8.98. The van der Waals surface area contributed by atoms with Gasteiger partial charge in [-0.05, 0) is 12.1 Å². The number of hydrogen-bond donors (Lipinski definition) is 1. The first-order valence-electron chi connectivity index (χ1n) is 5.76. The van der Waals surface area contributed by atoms with Crippen molar-refractivity contribution in [1.29, 1.82) is 5.26 Å². The van der Waals surface area contributed by atoms with Gasteiger partial charge in [0.15, 0.2) is 0 Å². The summed E-state index contributed by atoms with van der Waals surface area (Å²) in [5.41, 5.74) is 7.84. The fourth-order valence-corrected chi connectivity index (χ4v) is 1.68. The van der Waals surface area contributed by atoms with E-state index in [9.17, 15) is 0 Å². The fourth-order valence-electron chi connectivity index (χ4n) is 1.68. The Labute approximate surface area is 108 Å². The average molecular weight is 249 g/mol. The van der Waals surface area contributed by atoms with E-state index < -0.39 is 0 Å². The molecule has 0 aliphatic rings. The van der Waals surface area contributed by atoms with Gasteiger partial charge in [-0.15, -0.1) is 0 Å². The molecule has 0 aromatic heterocycles. The standard InChI is InChI=1S/C13H19N3O2/c1-17-8-6-16(7-9-18-2)12-5-3-4-11(10-14)13(12)15/h3-5H,6-9,15H2,1-2H3. The number of nitrogens with zero attached hydrogens (tertiary/aromatic N) is 2. The zero-order valence-corrected chi connectivity index (χ0v) is 10.8. The minimum atomic E-state index is 0.493. The van der Waals surface area contributed by atoms with E-state index in [0.29, 0.717) is 37.6 Å². The van der Waals surface area contributed by atoms with E-state index in [4.69, 9.17) is 20.5 Å². The molecule has 0 heterocycles. The lowest BCUT2D eigenvalue weighted by molar-refractivity contribution is 0.190. The Kier molecular flexibility index (Phi) is 5.98. The molecular weight excluding hydrogens is 230 g/mol. The van der Waals surface area contributed by atoms with Gasteiger partial charge >= 0.3 is 0 Å². The topological polar surface area (TPSA) is 71.5 Å². The minimum absolute atomic E-state index is 0.493. The SMILES string of the molecule is COCCN(CCOC)c1cccc(C#N)c1N. The largest absolute Gasteiger partial charge is 0.396 e. The number of hydrogen-bond acceptors (Lipinski definition) is 5. The van der Waals surface area contributed by atoms with Gasteiger partial charge in [0.2, 0.25) is 0 Å². The second-order valence-corrected chi connectivity index (χ2v) is 3.82. The number of ether oxygens (including phenoxy) is 2. The predicted molar refractivity (Wildman–Crippen MR) is 71.5 cm³/mol. The molecule has 0 spiro atoms. The van der Waals surface area contributed by atoms with E-state index in [1.54, 1.807) is 20.3 Å². The molecule has 0 atom stereocenters. The molecule has 5 heteroatoms. The van der Waals surface area contributed by atoms with E-state index >= 15 is 0 Å². The predicted octanol–water partition coefficient (Wildman–Crippen LogP) is 1.24. The van der Waals surface area contributed by atoms with E-state index in [1.807, 2.05) is 12.1 Å². The van der Waals surface area contributed by atoms with Crippen molar-refractivity contribution in [3.05, 3.63) is 23.8 Å². The van der Waals surface area contributed by atoms with Crippen molar-refractivity contribution in [3.63, 3.8) is 0 Å². The first-order valence-corrected chi connectivity index (χ1v) is 5.76. The molecule has 0 aliphatic heterocycles. The van der Waals surface area contributed by atoms with Gasteiger partial charge in [0.05, 0.1) is 30.2 Å². The Morgan fingerprint density at radius 3 is 2.33 bits per heavy atom. The van der Waals surface area contributed by atoms with Crippen LogP contribution in [0.15, 0.2) is 18.2 Å². The smallest absolute Gasteiger partial charge is 0.101 e. The molecule has 1 rings (SSSR count). The maximum Gasteiger partial charge on any atom is 0.101 e. The molecule has 0 saturated heterocycles. The molecule has 5 nitrogen and oxygen atoms in total. The summed E-state index contributed by atoms with van der Waals surface area (Å²) in [6.45, 7) is 2.61. The van der Waals surface area contributed by atoms with Crippen LogP contribution in [-0.4, -0.2) is 40.5 Å². The monoisotopic (exact) mass is 249 g/mol. The highest BCUT2D eigenvalue weighted by Gasteiger charge is 2.11. The van der Waals surface area contributed by atoms with E-state index in [0.717, 1.165) is 5.69 Å². The normalized spacial score (nSPS) is 10.1. The third kappa shape index (κ3) is 3.62. The molecule has 0 bridgehead atoms. The molecular formula is C13H19N3O2. The van der Waals surface area contributed by atoms with Crippen LogP contribution in [0.2, 0.25) is 0 Å². The molecule has 18 heavy (non-hydrogen) atoms. The zero-order valence-electron chi connectivity index (χ0n) is 10.8. The Morgan fingerprint density at radius 1 is 1.22 bits per heavy atom. The Morgan fingerprint density at radius 2 is 1.83 bits per heavy atom. The molecule has 0 fully saturated rings. The van der Waals surface area contributed by atoms with Crippen molar-refractivity contribution < 1.29 is 9.47 Å². The molecule has 1 aromatic rings. The number of methoxy groups -OCH3 is 2. The summed E-state index contributed by atoms with van der Waals surface area (Å²) in [6, 6.07) is 7.53. The van der Waals surface area contributed by atoms with Gasteiger partial charge in [0.1, 0.15) is 6.07 Å². The third-order valence-corrected chi connectivity index (χ3v) is 2.67. The first-order chi connectivity index (χ1) is 8.74. The van der Waals surface area contributed by atoms with Crippen LogP contribution in [0.3, 0.4) is 0 Å². The van der Waals surface area contributed by atoms with Gasteiger partial charge < -0.3 is 20.1 Å². The highest BCUT2D eigenvalue weighted by Crippen LogP contribution is 2.25. The van der Waals surface area contributed by atoms with Gasteiger partial charge in [-0.2, -0.15) is 5.26 Å². The first kappa shape index (κ1) is 14.3. The van der Waals surface area contributed by atoms with Gasteiger partial charge in [0, 0.05) is 27.3 Å². The highest BCUT2D eigenvalue weighted by molar-refractivity contribution is 5.73. The summed E-state index contributed by atoms with van der Waals surface area (Å²) < 4.78 is 10.2. The van der Waals surface area contributed by atoms with Crippen LogP contribution in [-0.2, 0) is 9.47 Å². The summed E-state index contributed by atoms with van der Waals surface area (Å²) in [5, 5.41) is 8.98. The van der Waals surface area contributed by atoms with Crippen molar-refractivity contribution >= 4 is 11.4 Å². The summed E-state index contributed by atoms with van der Waals surface area (Å²) >= 11 is 0. The fraction of sp³-hybridized carbons (Fsp3) is 0.462. The summed E-state index contributed by atoms with van der Waals surface area (Å²) in [5.74, 6) is 0. The molecule has 0 aliphatic carbocycles. The second kappa shape index (κ2) is 7.54. The number of para-hydroxylation sites is 1. The number of nitrogen functional groups attached to an aromatic ring is 1. The quantitative estimate of drug-likeness (QED) is 0.736. The van der Waals surface area contributed by atoms with Gasteiger partial charge in [-0.1, -0.05) is 6.07 Å². The molecule has 1 aromatic carbocycles. The van der Waals surface area contributed by atoms with Crippen LogP contribution in [0.4, 0.5) is 11.4 Å². The van der Waals surface area contributed by atoms with Crippen molar-refractivity contribution in [3.8, 4) is 6.07 Å². The Bertz CT molecular complexity index is 407. The Balaban J connectivity index is 2.93. The van der Waals surface area contributed by atoms with Crippen LogP contribution in [0.25, 0.3) is 0 Å². The number of nitriles is 1. The van der Waals surface area contributed by atoms with E-state index in [-0.39, 0.29) is 0 Å². The van der Waals surface area contributed by atoms with E-state index in [1.165, 1.54) is 0 Å². The zero-order chi connectivity index (χ0) is 13.4. The molecule has 2 N–H and O–H groups in total. The highest BCUT2D eigenvalue weighted by atomic mass is 16.5. The lowest BCUT2D eigenvalue weighted by Crippen LogP contribution is -2.31. The average Bonchev–Trinajstić information content (AvgIpc) is 2.40. The number of rotatable bonds is 7.